The van der Waals surface area contributed by atoms with E-state index in [1.54, 1.807) is 31.2 Å². The van der Waals surface area contributed by atoms with Crippen LogP contribution in [0.5, 0.6) is 0 Å². The molecular formula is C12H17FN2O2S2. The van der Waals surface area contributed by atoms with Gasteiger partial charge < -0.3 is 5.73 Å². The first-order valence-electron chi connectivity index (χ1n) is 5.79. The number of benzene rings is 1. The highest BCUT2D eigenvalue weighted by molar-refractivity contribution is 7.88. The van der Waals surface area contributed by atoms with Crippen LogP contribution in [0.25, 0.3) is 0 Å². The minimum atomic E-state index is -3.50. The van der Waals surface area contributed by atoms with Crippen LogP contribution < -0.4 is 5.73 Å². The van der Waals surface area contributed by atoms with E-state index in [1.807, 2.05) is 0 Å². The second-order valence-electron chi connectivity index (χ2n) is 4.10. The quantitative estimate of drug-likeness (QED) is 0.777. The van der Waals surface area contributed by atoms with E-state index in [2.05, 4.69) is 0 Å². The largest absolute Gasteiger partial charge is 0.392 e. The predicted octanol–water partition coefficient (Wildman–Crippen LogP) is 1.59. The van der Waals surface area contributed by atoms with Gasteiger partial charge in [0.1, 0.15) is 6.67 Å². The molecule has 1 aromatic carbocycles. The molecule has 0 heterocycles. The maximum atomic E-state index is 12.5. The topological polar surface area (TPSA) is 63.4 Å². The van der Waals surface area contributed by atoms with Gasteiger partial charge in [0.25, 0.3) is 0 Å². The Hall–Kier alpha value is -1.05. The Bertz CT molecular complexity index is 546. The Labute approximate surface area is 118 Å². The van der Waals surface area contributed by atoms with Gasteiger partial charge in [0.15, 0.2) is 0 Å². The van der Waals surface area contributed by atoms with Gasteiger partial charge in [0.2, 0.25) is 10.0 Å². The van der Waals surface area contributed by atoms with E-state index in [1.165, 1.54) is 4.31 Å². The number of hydrogen-bond donors (Lipinski definition) is 1. The van der Waals surface area contributed by atoms with Gasteiger partial charge in [-0.25, -0.2) is 12.8 Å². The third kappa shape index (κ3) is 4.85. The summed E-state index contributed by atoms with van der Waals surface area (Å²) >= 11 is 4.73. The summed E-state index contributed by atoms with van der Waals surface area (Å²) in [7, 11) is -3.50. The van der Waals surface area contributed by atoms with Crippen molar-refractivity contribution in [3.63, 3.8) is 0 Å². The Morgan fingerprint density at radius 1 is 1.42 bits per heavy atom. The summed E-state index contributed by atoms with van der Waals surface area (Å²) in [4.78, 5) is 0.128. The van der Waals surface area contributed by atoms with Crippen molar-refractivity contribution < 1.29 is 12.8 Å². The fraction of sp³-hybridized carbons (Fsp3) is 0.417. The molecule has 0 amide bonds. The van der Waals surface area contributed by atoms with Crippen molar-refractivity contribution in [2.75, 3.05) is 13.1 Å². The van der Waals surface area contributed by atoms with Crippen molar-refractivity contribution in [3.05, 3.63) is 35.4 Å². The van der Waals surface area contributed by atoms with Gasteiger partial charge >= 0.3 is 0 Å². The van der Waals surface area contributed by atoms with E-state index in [0.717, 1.165) is 0 Å². The molecule has 106 valence electrons. The minimum absolute atomic E-state index is 0.0248. The predicted molar refractivity (Wildman–Crippen MR) is 77.9 cm³/mol. The molecule has 7 heteroatoms. The molecular weight excluding hydrogens is 287 g/mol. The van der Waals surface area contributed by atoms with Crippen LogP contribution in [0.3, 0.4) is 0 Å². The molecule has 19 heavy (non-hydrogen) atoms. The van der Waals surface area contributed by atoms with Crippen molar-refractivity contribution in [1.82, 2.24) is 4.31 Å². The molecule has 1 aromatic rings. The summed E-state index contributed by atoms with van der Waals surface area (Å²) in [5.74, 6) is -0.183. The number of thiocarbonyl (C=S) groups is 1. The molecule has 0 saturated heterocycles. The van der Waals surface area contributed by atoms with Crippen molar-refractivity contribution in [2.45, 2.75) is 19.4 Å². The summed E-state index contributed by atoms with van der Waals surface area (Å²) in [5.41, 5.74) is 6.40. The van der Waals surface area contributed by atoms with E-state index in [9.17, 15) is 12.8 Å². The van der Waals surface area contributed by atoms with Crippen LogP contribution in [0.1, 0.15) is 18.1 Å². The Morgan fingerprint density at radius 3 is 2.58 bits per heavy atom. The summed E-state index contributed by atoms with van der Waals surface area (Å²) < 4.78 is 38.1. The van der Waals surface area contributed by atoms with Crippen molar-refractivity contribution in [1.29, 1.82) is 0 Å². The van der Waals surface area contributed by atoms with Gasteiger partial charge in [-0.3, -0.25) is 0 Å². The number of nitrogens with zero attached hydrogens (tertiary/aromatic N) is 1. The number of alkyl halides is 1. The molecule has 0 fully saturated rings. The van der Waals surface area contributed by atoms with Crippen LogP contribution in [0.4, 0.5) is 4.39 Å². The highest BCUT2D eigenvalue weighted by Gasteiger charge is 2.21. The molecule has 0 saturated carbocycles. The molecule has 0 aliphatic rings. The van der Waals surface area contributed by atoms with E-state index < -0.39 is 16.7 Å². The summed E-state index contributed by atoms with van der Waals surface area (Å²) in [6, 6.07) is 6.46. The zero-order valence-corrected chi connectivity index (χ0v) is 12.3. The maximum absolute atomic E-state index is 12.5. The minimum Gasteiger partial charge on any atom is -0.392 e. The molecule has 0 aliphatic heterocycles. The second kappa shape index (κ2) is 6.93. The standard InChI is InChI=1S/C12H17FN2O2S2/c1-2-15(8-12(14)18)19(16,17)9-11-5-3-4-10(6-11)7-13/h3-6H,2,7-9H2,1H3,(H2,14,18). The average molecular weight is 304 g/mol. The van der Waals surface area contributed by atoms with Crippen LogP contribution in [-0.4, -0.2) is 30.8 Å². The highest BCUT2D eigenvalue weighted by atomic mass is 32.2. The first kappa shape index (κ1) is 16.0. The second-order valence-corrected chi connectivity index (χ2v) is 6.60. The molecule has 0 radical (unpaired) electrons. The Balaban J connectivity index is 2.91. The van der Waals surface area contributed by atoms with Gasteiger partial charge in [0, 0.05) is 6.54 Å². The third-order valence-corrected chi connectivity index (χ3v) is 4.57. The van der Waals surface area contributed by atoms with E-state index in [0.29, 0.717) is 17.7 Å². The van der Waals surface area contributed by atoms with Gasteiger partial charge in [-0.05, 0) is 11.1 Å². The Morgan fingerprint density at radius 2 is 2.05 bits per heavy atom. The molecule has 1 rings (SSSR count). The first-order chi connectivity index (χ1) is 8.89. The first-order valence-corrected chi connectivity index (χ1v) is 7.80. The van der Waals surface area contributed by atoms with E-state index in [-0.39, 0.29) is 17.3 Å². The fourth-order valence-electron chi connectivity index (χ4n) is 1.69. The number of halogens is 1. The zero-order chi connectivity index (χ0) is 14.5. The smallest absolute Gasteiger partial charge is 0.218 e. The lowest BCUT2D eigenvalue weighted by molar-refractivity contribution is 0.466. The lowest BCUT2D eigenvalue weighted by atomic mass is 10.2. The van der Waals surface area contributed by atoms with Crippen LogP contribution in [0.2, 0.25) is 0 Å². The SMILES string of the molecule is CCN(CC(N)=S)S(=O)(=O)Cc1cccc(CF)c1. The monoisotopic (exact) mass is 304 g/mol. The highest BCUT2D eigenvalue weighted by Crippen LogP contribution is 2.13. The number of rotatable bonds is 7. The lowest BCUT2D eigenvalue weighted by Gasteiger charge is -2.19. The normalized spacial score (nSPS) is 11.7. The van der Waals surface area contributed by atoms with Crippen LogP contribution in [0, 0.1) is 0 Å². The number of sulfonamides is 1. The van der Waals surface area contributed by atoms with Gasteiger partial charge in [0.05, 0.1) is 17.3 Å². The van der Waals surface area contributed by atoms with Crippen molar-refractivity contribution in [3.8, 4) is 0 Å². The molecule has 4 nitrogen and oxygen atoms in total. The number of nitrogens with two attached hydrogens (primary N) is 1. The Kier molecular flexibility index (Phi) is 5.84. The number of hydrogen-bond acceptors (Lipinski definition) is 3. The number of likely N-dealkylation sites (N-methyl/N-ethyl adjacent to an activating group) is 1. The average Bonchev–Trinajstić information content (AvgIpc) is 2.35. The lowest BCUT2D eigenvalue weighted by Crippen LogP contribution is -2.38. The molecule has 0 bridgehead atoms. The summed E-state index contributed by atoms with van der Waals surface area (Å²) in [6.45, 7) is 1.42. The molecule has 0 atom stereocenters. The summed E-state index contributed by atoms with van der Waals surface area (Å²) in [5, 5.41) is 0. The summed E-state index contributed by atoms with van der Waals surface area (Å²) in [6.07, 6.45) is 0. The van der Waals surface area contributed by atoms with Gasteiger partial charge in [-0.2, -0.15) is 4.31 Å². The molecule has 0 aliphatic carbocycles. The van der Waals surface area contributed by atoms with E-state index in [4.69, 9.17) is 18.0 Å². The molecule has 2 N–H and O–H groups in total. The fourth-order valence-corrected chi connectivity index (χ4v) is 3.44. The molecule has 0 spiro atoms. The molecule has 0 aromatic heterocycles. The van der Waals surface area contributed by atoms with Crippen molar-refractivity contribution in [2.24, 2.45) is 5.73 Å². The van der Waals surface area contributed by atoms with Gasteiger partial charge in [-0.1, -0.05) is 43.4 Å². The van der Waals surface area contributed by atoms with Crippen LogP contribution in [-0.2, 0) is 22.5 Å². The van der Waals surface area contributed by atoms with Crippen LogP contribution >= 0.6 is 12.2 Å². The third-order valence-electron chi connectivity index (χ3n) is 2.57. The van der Waals surface area contributed by atoms with Gasteiger partial charge in [-0.15, -0.1) is 0 Å². The zero-order valence-electron chi connectivity index (χ0n) is 10.7. The van der Waals surface area contributed by atoms with Crippen LogP contribution in [0.15, 0.2) is 24.3 Å². The maximum Gasteiger partial charge on any atom is 0.218 e. The molecule has 0 unspecified atom stereocenters. The van der Waals surface area contributed by atoms with E-state index >= 15 is 0 Å². The van der Waals surface area contributed by atoms with Crippen molar-refractivity contribution >= 4 is 27.2 Å².